The van der Waals surface area contributed by atoms with E-state index in [9.17, 15) is 9.59 Å². The Hall–Kier alpha value is -1.88. The molecule has 4 N–H and O–H groups in total. The lowest BCUT2D eigenvalue weighted by molar-refractivity contribution is -0.122. The number of hydrogen-bond acceptors (Lipinski definition) is 3. The molecule has 1 aliphatic rings. The third-order valence-corrected chi connectivity index (χ3v) is 3.75. The highest BCUT2D eigenvalue weighted by molar-refractivity contribution is 5.99. The second-order valence-corrected chi connectivity index (χ2v) is 5.47. The molecule has 0 radical (unpaired) electrons. The number of primary amides is 1. The van der Waals surface area contributed by atoms with E-state index in [1.165, 1.54) is 0 Å². The Morgan fingerprint density at radius 3 is 2.75 bits per heavy atom. The molecule has 0 bridgehead atoms. The molecule has 1 fully saturated rings. The van der Waals surface area contributed by atoms with Crippen molar-refractivity contribution in [2.45, 2.75) is 38.1 Å². The van der Waals surface area contributed by atoms with Crippen molar-refractivity contribution in [1.82, 2.24) is 5.32 Å². The molecule has 5 nitrogen and oxygen atoms in total. The van der Waals surface area contributed by atoms with Gasteiger partial charge in [0, 0.05) is 5.69 Å². The maximum absolute atomic E-state index is 12.4. The van der Waals surface area contributed by atoms with E-state index in [1.54, 1.807) is 12.1 Å². The third kappa shape index (κ3) is 3.36. The van der Waals surface area contributed by atoms with Crippen molar-refractivity contribution >= 4 is 17.5 Å². The first kappa shape index (κ1) is 14.5. The second-order valence-electron chi connectivity index (χ2n) is 5.47. The number of anilines is 1. The topological polar surface area (TPSA) is 84.2 Å². The van der Waals surface area contributed by atoms with Crippen LogP contribution in [-0.4, -0.2) is 23.9 Å². The summed E-state index contributed by atoms with van der Waals surface area (Å²) >= 11 is 0. The average molecular weight is 275 g/mol. The van der Waals surface area contributed by atoms with Gasteiger partial charge in [-0.2, -0.15) is 0 Å². The predicted octanol–water partition coefficient (Wildman–Crippen LogP) is 1.19. The zero-order chi connectivity index (χ0) is 14.6. The molecule has 1 saturated heterocycles. The Morgan fingerprint density at radius 1 is 1.35 bits per heavy atom. The SMILES string of the molecule is CC1(C(=O)Nc2ccccc2CC(N)=O)CCCCN1. The van der Waals surface area contributed by atoms with Crippen molar-refractivity contribution in [3.8, 4) is 0 Å². The van der Waals surface area contributed by atoms with E-state index < -0.39 is 11.4 Å². The molecule has 1 aliphatic heterocycles. The third-order valence-electron chi connectivity index (χ3n) is 3.75. The van der Waals surface area contributed by atoms with Gasteiger partial charge in [-0.3, -0.25) is 9.59 Å². The lowest BCUT2D eigenvalue weighted by Gasteiger charge is -2.33. The molecule has 0 aliphatic carbocycles. The molecule has 0 saturated carbocycles. The Balaban J connectivity index is 2.13. The first-order valence-corrected chi connectivity index (χ1v) is 6.94. The van der Waals surface area contributed by atoms with Crippen LogP contribution >= 0.6 is 0 Å². The van der Waals surface area contributed by atoms with Crippen molar-refractivity contribution < 1.29 is 9.59 Å². The molecule has 2 rings (SSSR count). The van der Waals surface area contributed by atoms with E-state index in [0.29, 0.717) is 5.69 Å². The molecule has 5 heteroatoms. The number of nitrogens with two attached hydrogens (primary N) is 1. The Kier molecular flexibility index (Phi) is 4.39. The van der Waals surface area contributed by atoms with Crippen molar-refractivity contribution in [3.63, 3.8) is 0 Å². The molecule has 1 aromatic carbocycles. The minimum atomic E-state index is -0.544. The van der Waals surface area contributed by atoms with Crippen LogP contribution in [0, 0.1) is 0 Å². The number of carbonyl (C=O) groups excluding carboxylic acids is 2. The lowest BCUT2D eigenvalue weighted by atomic mass is 9.90. The van der Waals surface area contributed by atoms with Crippen LogP contribution in [0.25, 0.3) is 0 Å². The normalized spacial score (nSPS) is 22.2. The molecular weight excluding hydrogens is 254 g/mol. The maximum Gasteiger partial charge on any atom is 0.244 e. The van der Waals surface area contributed by atoms with Gasteiger partial charge in [-0.1, -0.05) is 18.2 Å². The number of rotatable bonds is 4. The van der Waals surface area contributed by atoms with Crippen molar-refractivity contribution in [2.24, 2.45) is 5.73 Å². The van der Waals surface area contributed by atoms with Crippen molar-refractivity contribution in [1.29, 1.82) is 0 Å². The summed E-state index contributed by atoms with van der Waals surface area (Å²) in [5, 5.41) is 6.19. The molecule has 0 spiro atoms. The van der Waals surface area contributed by atoms with Gasteiger partial charge in [0.2, 0.25) is 11.8 Å². The van der Waals surface area contributed by atoms with Gasteiger partial charge in [-0.05, 0) is 44.4 Å². The number of benzene rings is 1. The number of amides is 2. The molecule has 1 atom stereocenters. The largest absolute Gasteiger partial charge is 0.369 e. The minimum absolute atomic E-state index is 0.0610. The van der Waals surface area contributed by atoms with Gasteiger partial charge in [0.25, 0.3) is 0 Å². The summed E-state index contributed by atoms with van der Waals surface area (Å²) in [7, 11) is 0. The van der Waals surface area contributed by atoms with E-state index in [4.69, 9.17) is 5.73 Å². The fourth-order valence-corrected chi connectivity index (χ4v) is 2.49. The van der Waals surface area contributed by atoms with Crippen LogP contribution in [0.5, 0.6) is 0 Å². The van der Waals surface area contributed by atoms with Crippen LogP contribution in [0.15, 0.2) is 24.3 Å². The first-order chi connectivity index (χ1) is 9.51. The number of carbonyl (C=O) groups is 2. The zero-order valence-corrected chi connectivity index (χ0v) is 11.7. The van der Waals surface area contributed by atoms with Gasteiger partial charge in [-0.15, -0.1) is 0 Å². The van der Waals surface area contributed by atoms with Crippen LogP contribution in [0.2, 0.25) is 0 Å². The smallest absolute Gasteiger partial charge is 0.244 e. The van der Waals surface area contributed by atoms with Gasteiger partial charge in [0.05, 0.1) is 12.0 Å². The van der Waals surface area contributed by atoms with Crippen LogP contribution < -0.4 is 16.4 Å². The molecule has 1 heterocycles. The molecule has 0 aromatic heterocycles. The van der Waals surface area contributed by atoms with Gasteiger partial charge >= 0.3 is 0 Å². The molecule has 1 unspecified atom stereocenters. The van der Waals surface area contributed by atoms with E-state index in [2.05, 4.69) is 10.6 Å². The number of para-hydroxylation sites is 1. The quantitative estimate of drug-likeness (QED) is 0.771. The molecule has 20 heavy (non-hydrogen) atoms. The highest BCUT2D eigenvalue weighted by Crippen LogP contribution is 2.22. The van der Waals surface area contributed by atoms with Crippen LogP contribution in [0.1, 0.15) is 31.7 Å². The zero-order valence-electron chi connectivity index (χ0n) is 11.7. The molecule has 108 valence electrons. The highest BCUT2D eigenvalue weighted by atomic mass is 16.2. The van der Waals surface area contributed by atoms with Gasteiger partial charge in [0.1, 0.15) is 0 Å². The van der Waals surface area contributed by atoms with E-state index in [0.717, 1.165) is 31.4 Å². The predicted molar refractivity (Wildman–Crippen MR) is 78.2 cm³/mol. The lowest BCUT2D eigenvalue weighted by Crippen LogP contribution is -2.54. The Morgan fingerprint density at radius 2 is 2.10 bits per heavy atom. The summed E-state index contributed by atoms with van der Waals surface area (Å²) in [6.07, 6.45) is 3.08. The standard InChI is InChI=1S/C15H21N3O2/c1-15(8-4-5-9-17-15)14(20)18-12-7-3-2-6-11(12)10-13(16)19/h2-3,6-7,17H,4-5,8-10H2,1H3,(H2,16,19)(H,18,20). The van der Waals surface area contributed by atoms with Crippen LogP contribution in [0.3, 0.4) is 0 Å². The fraction of sp³-hybridized carbons (Fsp3) is 0.467. The number of piperidine rings is 1. The summed E-state index contributed by atoms with van der Waals surface area (Å²) in [4.78, 5) is 23.5. The highest BCUT2D eigenvalue weighted by Gasteiger charge is 2.34. The Bertz CT molecular complexity index is 508. The minimum Gasteiger partial charge on any atom is -0.369 e. The monoisotopic (exact) mass is 275 g/mol. The first-order valence-electron chi connectivity index (χ1n) is 6.94. The van der Waals surface area contributed by atoms with E-state index in [1.807, 2.05) is 19.1 Å². The van der Waals surface area contributed by atoms with E-state index in [-0.39, 0.29) is 12.3 Å². The number of nitrogens with one attached hydrogen (secondary N) is 2. The van der Waals surface area contributed by atoms with E-state index >= 15 is 0 Å². The maximum atomic E-state index is 12.4. The molecular formula is C15H21N3O2. The van der Waals surface area contributed by atoms with Gasteiger partial charge < -0.3 is 16.4 Å². The number of hydrogen-bond donors (Lipinski definition) is 3. The van der Waals surface area contributed by atoms with Crippen LogP contribution in [-0.2, 0) is 16.0 Å². The van der Waals surface area contributed by atoms with Crippen LogP contribution in [0.4, 0.5) is 5.69 Å². The molecule has 1 aromatic rings. The molecule has 2 amide bonds. The Labute approximate surface area is 118 Å². The van der Waals surface area contributed by atoms with Gasteiger partial charge in [0.15, 0.2) is 0 Å². The van der Waals surface area contributed by atoms with Crippen molar-refractivity contribution in [2.75, 3.05) is 11.9 Å². The summed E-state index contributed by atoms with van der Waals surface area (Å²) in [6.45, 7) is 2.77. The summed E-state index contributed by atoms with van der Waals surface area (Å²) in [5.74, 6) is -0.470. The summed E-state index contributed by atoms with van der Waals surface area (Å²) in [5.41, 5.74) is 6.09. The van der Waals surface area contributed by atoms with Gasteiger partial charge in [-0.25, -0.2) is 0 Å². The summed E-state index contributed by atoms with van der Waals surface area (Å²) < 4.78 is 0. The fourth-order valence-electron chi connectivity index (χ4n) is 2.49. The van der Waals surface area contributed by atoms with Crippen molar-refractivity contribution in [3.05, 3.63) is 29.8 Å². The summed E-state index contributed by atoms with van der Waals surface area (Å²) in [6, 6.07) is 7.25. The average Bonchev–Trinajstić information content (AvgIpc) is 2.41. The second kappa shape index (κ2) is 6.05.